The highest BCUT2D eigenvalue weighted by Gasteiger charge is 2.14. The SMILES string of the molecule is CCCOc1cc(OCC2CCOCC2)ccc1N. The van der Waals surface area contributed by atoms with Gasteiger partial charge in [0.15, 0.2) is 0 Å². The Morgan fingerprint density at radius 2 is 2.05 bits per heavy atom. The van der Waals surface area contributed by atoms with Gasteiger partial charge >= 0.3 is 0 Å². The first-order chi connectivity index (χ1) is 9.29. The van der Waals surface area contributed by atoms with Crippen molar-refractivity contribution in [3.63, 3.8) is 0 Å². The largest absolute Gasteiger partial charge is 0.493 e. The molecule has 19 heavy (non-hydrogen) atoms. The van der Waals surface area contributed by atoms with E-state index in [1.54, 1.807) is 0 Å². The van der Waals surface area contributed by atoms with E-state index in [2.05, 4.69) is 6.92 Å². The first-order valence-electron chi connectivity index (χ1n) is 7.02. The quantitative estimate of drug-likeness (QED) is 0.804. The van der Waals surface area contributed by atoms with Gasteiger partial charge in [-0.3, -0.25) is 0 Å². The van der Waals surface area contributed by atoms with E-state index < -0.39 is 0 Å². The molecule has 0 saturated carbocycles. The van der Waals surface area contributed by atoms with Gasteiger partial charge in [0, 0.05) is 19.3 Å². The zero-order valence-corrected chi connectivity index (χ0v) is 11.6. The van der Waals surface area contributed by atoms with Gasteiger partial charge in [-0.1, -0.05) is 6.92 Å². The van der Waals surface area contributed by atoms with E-state index in [9.17, 15) is 0 Å². The number of hydrogen-bond acceptors (Lipinski definition) is 4. The summed E-state index contributed by atoms with van der Waals surface area (Å²) in [4.78, 5) is 0. The lowest BCUT2D eigenvalue weighted by molar-refractivity contribution is 0.0497. The van der Waals surface area contributed by atoms with Gasteiger partial charge in [0.1, 0.15) is 11.5 Å². The molecule has 1 aliphatic heterocycles. The molecule has 0 aromatic heterocycles. The molecule has 0 radical (unpaired) electrons. The van der Waals surface area contributed by atoms with E-state index in [0.717, 1.165) is 44.8 Å². The second-order valence-corrected chi connectivity index (χ2v) is 4.91. The molecule has 2 rings (SSSR count). The summed E-state index contributed by atoms with van der Waals surface area (Å²) in [6.07, 6.45) is 3.12. The van der Waals surface area contributed by atoms with E-state index >= 15 is 0 Å². The molecular formula is C15H23NO3. The first-order valence-corrected chi connectivity index (χ1v) is 7.02. The summed E-state index contributed by atoms with van der Waals surface area (Å²) in [5, 5.41) is 0. The molecule has 1 aliphatic rings. The number of rotatable bonds is 6. The van der Waals surface area contributed by atoms with Crippen molar-refractivity contribution >= 4 is 5.69 Å². The maximum absolute atomic E-state index is 5.87. The lowest BCUT2D eigenvalue weighted by Crippen LogP contribution is -2.21. The van der Waals surface area contributed by atoms with Crippen molar-refractivity contribution in [1.82, 2.24) is 0 Å². The minimum absolute atomic E-state index is 0.589. The van der Waals surface area contributed by atoms with E-state index in [1.165, 1.54) is 0 Å². The summed E-state index contributed by atoms with van der Waals surface area (Å²) in [7, 11) is 0. The van der Waals surface area contributed by atoms with Gasteiger partial charge < -0.3 is 19.9 Å². The molecule has 0 amide bonds. The Hall–Kier alpha value is -1.42. The van der Waals surface area contributed by atoms with Crippen LogP contribution in [0.1, 0.15) is 26.2 Å². The van der Waals surface area contributed by atoms with Crippen molar-refractivity contribution in [3.8, 4) is 11.5 Å². The van der Waals surface area contributed by atoms with Crippen molar-refractivity contribution in [1.29, 1.82) is 0 Å². The highest BCUT2D eigenvalue weighted by molar-refractivity contribution is 5.55. The second-order valence-electron chi connectivity index (χ2n) is 4.91. The fourth-order valence-corrected chi connectivity index (χ4v) is 2.07. The van der Waals surface area contributed by atoms with E-state index in [4.69, 9.17) is 19.9 Å². The second kappa shape index (κ2) is 7.24. The van der Waals surface area contributed by atoms with Gasteiger partial charge in [-0.2, -0.15) is 0 Å². The van der Waals surface area contributed by atoms with Crippen LogP contribution in [0.5, 0.6) is 11.5 Å². The van der Waals surface area contributed by atoms with Crippen LogP contribution >= 0.6 is 0 Å². The van der Waals surface area contributed by atoms with E-state index in [0.29, 0.717) is 24.0 Å². The molecule has 1 aromatic carbocycles. The molecule has 1 saturated heterocycles. The van der Waals surface area contributed by atoms with Crippen molar-refractivity contribution in [2.45, 2.75) is 26.2 Å². The lowest BCUT2D eigenvalue weighted by atomic mass is 10.0. The predicted octanol–water partition coefficient (Wildman–Crippen LogP) is 2.86. The predicted molar refractivity (Wildman–Crippen MR) is 75.7 cm³/mol. The molecule has 2 N–H and O–H groups in total. The molecule has 106 valence electrons. The molecule has 0 bridgehead atoms. The lowest BCUT2D eigenvalue weighted by Gasteiger charge is -2.22. The van der Waals surface area contributed by atoms with Gasteiger partial charge in [-0.25, -0.2) is 0 Å². The molecule has 0 unspecified atom stereocenters. The molecule has 1 heterocycles. The minimum atomic E-state index is 0.589. The Bertz CT molecular complexity index is 389. The van der Waals surface area contributed by atoms with Crippen LogP contribution < -0.4 is 15.2 Å². The molecule has 1 fully saturated rings. The van der Waals surface area contributed by atoms with Gasteiger partial charge in [-0.05, 0) is 37.3 Å². The summed E-state index contributed by atoms with van der Waals surface area (Å²) in [5.41, 5.74) is 6.53. The Kier molecular flexibility index (Phi) is 5.33. The molecule has 0 atom stereocenters. The molecule has 1 aromatic rings. The number of nitrogen functional groups attached to an aromatic ring is 1. The average molecular weight is 265 g/mol. The summed E-state index contributed by atoms with van der Waals surface area (Å²) >= 11 is 0. The Labute approximate surface area is 114 Å². The number of nitrogens with two attached hydrogens (primary N) is 1. The first kappa shape index (κ1) is 14.0. The zero-order valence-electron chi connectivity index (χ0n) is 11.6. The maximum atomic E-state index is 5.87. The third-order valence-corrected chi connectivity index (χ3v) is 3.27. The number of hydrogen-bond donors (Lipinski definition) is 1. The van der Waals surface area contributed by atoms with Crippen LogP contribution in [0.25, 0.3) is 0 Å². The third kappa shape index (κ3) is 4.31. The molecule has 4 heteroatoms. The average Bonchev–Trinajstić information content (AvgIpc) is 2.46. The highest BCUT2D eigenvalue weighted by atomic mass is 16.5. The summed E-state index contributed by atoms with van der Waals surface area (Å²) in [6.45, 7) is 5.18. The zero-order chi connectivity index (χ0) is 13.5. The van der Waals surface area contributed by atoms with Gasteiger partial charge in [0.25, 0.3) is 0 Å². The van der Waals surface area contributed by atoms with Crippen LogP contribution in [0.15, 0.2) is 18.2 Å². The van der Waals surface area contributed by atoms with Crippen molar-refractivity contribution in [3.05, 3.63) is 18.2 Å². The standard InChI is InChI=1S/C15H23NO3/c1-2-7-18-15-10-13(3-4-14(15)16)19-11-12-5-8-17-9-6-12/h3-4,10,12H,2,5-9,11,16H2,1H3. The monoisotopic (exact) mass is 265 g/mol. The van der Waals surface area contributed by atoms with Gasteiger partial charge in [0.2, 0.25) is 0 Å². The summed E-state index contributed by atoms with van der Waals surface area (Å²) in [5.74, 6) is 2.13. The van der Waals surface area contributed by atoms with Crippen LogP contribution in [0.4, 0.5) is 5.69 Å². The van der Waals surface area contributed by atoms with E-state index in [1.807, 2.05) is 18.2 Å². The van der Waals surface area contributed by atoms with Gasteiger partial charge in [0.05, 0.1) is 18.9 Å². The normalized spacial score (nSPS) is 16.3. The van der Waals surface area contributed by atoms with Crippen LogP contribution in [0.2, 0.25) is 0 Å². The summed E-state index contributed by atoms with van der Waals surface area (Å²) in [6, 6.07) is 5.61. The third-order valence-electron chi connectivity index (χ3n) is 3.27. The number of ether oxygens (including phenoxy) is 3. The Balaban J connectivity index is 1.88. The minimum Gasteiger partial charge on any atom is -0.493 e. The van der Waals surface area contributed by atoms with Crippen LogP contribution in [0.3, 0.4) is 0 Å². The Morgan fingerprint density at radius 1 is 1.26 bits per heavy atom. The fraction of sp³-hybridized carbons (Fsp3) is 0.600. The van der Waals surface area contributed by atoms with E-state index in [-0.39, 0.29) is 0 Å². The molecule has 0 aliphatic carbocycles. The van der Waals surface area contributed by atoms with Gasteiger partial charge in [-0.15, -0.1) is 0 Å². The number of anilines is 1. The van der Waals surface area contributed by atoms with Crippen molar-refractivity contribution in [2.24, 2.45) is 5.92 Å². The topological polar surface area (TPSA) is 53.7 Å². The smallest absolute Gasteiger partial charge is 0.145 e. The summed E-state index contributed by atoms with van der Waals surface area (Å²) < 4.78 is 16.8. The fourth-order valence-electron chi connectivity index (χ4n) is 2.07. The van der Waals surface area contributed by atoms with Crippen LogP contribution in [0, 0.1) is 5.92 Å². The van der Waals surface area contributed by atoms with Crippen LogP contribution in [-0.2, 0) is 4.74 Å². The van der Waals surface area contributed by atoms with Crippen LogP contribution in [-0.4, -0.2) is 26.4 Å². The Morgan fingerprint density at radius 3 is 2.79 bits per heavy atom. The number of benzene rings is 1. The molecule has 0 spiro atoms. The maximum Gasteiger partial charge on any atom is 0.145 e. The molecular weight excluding hydrogens is 242 g/mol. The molecule has 4 nitrogen and oxygen atoms in total. The van der Waals surface area contributed by atoms with Crippen molar-refractivity contribution in [2.75, 3.05) is 32.2 Å². The highest BCUT2D eigenvalue weighted by Crippen LogP contribution is 2.28. The van der Waals surface area contributed by atoms with Crippen molar-refractivity contribution < 1.29 is 14.2 Å².